The van der Waals surface area contributed by atoms with Gasteiger partial charge >= 0.3 is 12.1 Å². The molecule has 10 heteroatoms. The van der Waals surface area contributed by atoms with Crippen LogP contribution in [-0.4, -0.2) is 58.1 Å². The Hall–Kier alpha value is -3.95. The van der Waals surface area contributed by atoms with E-state index in [0.29, 0.717) is 37.7 Å². The number of nitrogens with zero attached hydrogens (tertiary/aromatic N) is 1. The Labute approximate surface area is 252 Å². The summed E-state index contributed by atoms with van der Waals surface area (Å²) in [4.78, 5) is 53.1. The predicted octanol–water partition coefficient (Wildman–Crippen LogP) is 5.20. The van der Waals surface area contributed by atoms with E-state index in [0.717, 1.165) is 0 Å². The zero-order valence-corrected chi connectivity index (χ0v) is 25.2. The molecule has 1 aliphatic carbocycles. The second kappa shape index (κ2) is 13.1. The summed E-state index contributed by atoms with van der Waals surface area (Å²) in [6.07, 6.45) is 2.75. The standard InChI is InChI=1S/C33H42FN3O6/c1-5-25(36-32(42)43-33(2,3)4)19-14-16-21(17-15-19)30(39)37-18-23(27-22(31(40)41)12-9-13-24(27)34)26(28(37)29(35)38)20-10-7-6-8-11-20/h6-13,19,21,23,25-26,28H,5,14-18H2,1-4H3,(H2,35,38)(H,36,42)(H,40,41)/t19?,21?,23?,25?,26-,28-/m0/s1. The molecule has 2 unspecified atom stereocenters. The number of primary amides is 1. The van der Waals surface area contributed by atoms with Gasteiger partial charge < -0.3 is 25.8 Å². The van der Waals surface area contributed by atoms with Crippen LogP contribution < -0.4 is 11.1 Å². The molecular weight excluding hydrogens is 553 g/mol. The molecule has 9 nitrogen and oxygen atoms in total. The van der Waals surface area contributed by atoms with Crippen molar-refractivity contribution >= 4 is 23.9 Å². The molecule has 1 saturated carbocycles. The number of nitrogens with two attached hydrogens (primary N) is 1. The van der Waals surface area contributed by atoms with Crippen LogP contribution >= 0.6 is 0 Å². The van der Waals surface area contributed by atoms with Crippen LogP contribution in [0.5, 0.6) is 0 Å². The first kappa shape index (κ1) is 32.0. The van der Waals surface area contributed by atoms with Gasteiger partial charge in [-0.2, -0.15) is 0 Å². The molecule has 3 amide bonds. The van der Waals surface area contributed by atoms with Crippen LogP contribution in [0.2, 0.25) is 0 Å². The lowest BCUT2D eigenvalue weighted by Crippen LogP contribution is -2.49. The van der Waals surface area contributed by atoms with Gasteiger partial charge in [0.15, 0.2) is 0 Å². The molecule has 4 atom stereocenters. The minimum absolute atomic E-state index is 0.0342. The van der Waals surface area contributed by atoms with Gasteiger partial charge in [0.25, 0.3) is 0 Å². The first-order valence-corrected chi connectivity index (χ1v) is 15.0. The molecule has 1 saturated heterocycles. The Balaban J connectivity index is 1.58. The number of likely N-dealkylation sites (tertiary alicyclic amines) is 1. The van der Waals surface area contributed by atoms with Crippen LogP contribution in [0.1, 0.15) is 93.1 Å². The number of carbonyl (C=O) groups is 4. The summed E-state index contributed by atoms with van der Waals surface area (Å²) < 4.78 is 20.8. The molecule has 0 spiro atoms. The fourth-order valence-electron chi connectivity index (χ4n) is 6.89. The molecular formula is C33H42FN3O6. The van der Waals surface area contributed by atoms with Crippen molar-refractivity contribution < 1.29 is 33.4 Å². The number of hydrogen-bond acceptors (Lipinski definition) is 5. The van der Waals surface area contributed by atoms with E-state index in [2.05, 4.69) is 5.32 Å². The summed E-state index contributed by atoms with van der Waals surface area (Å²) in [6.45, 7) is 7.39. The number of ether oxygens (including phenoxy) is 1. The largest absolute Gasteiger partial charge is 0.478 e. The summed E-state index contributed by atoms with van der Waals surface area (Å²) in [5, 5.41) is 12.9. The lowest BCUT2D eigenvalue weighted by molar-refractivity contribution is -0.142. The van der Waals surface area contributed by atoms with Crippen molar-refractivity contribution in [3.63, 3.8) is 0 Å². The number of carbonyl (C=O) groups excluding carboxylic acids is 3. The summed E-state index contributed by atoms with van der Waals surface area (Å²) in [5.74, 6) is -4.70. The summed E-state index contributed by atoms with van der Waals surface area (Å²) in [5.41, 5.74) is 5.76. The number of halogens is 1. The normalized spacial score (nSPS) is 24.7. The maximum absolute atomic E-state index is 15.4. The fraction of sp³-hybridized carbons (Fsp3) is 0.515. The van der Waals surface area contributed by atoms with Gasteiger partial charge in [-0.05, 0) is 76.5 Å². The Kier molecular flexibility index (Phi) is 9.77. The van der Waals surface area contributed by atoms with E-state index in [1.54, 1.807) is 30.3 Å². The third-order valence-corrected chi connectivity index (χ3v) is 8.75. The molecule has 0 aromatic heterocycles. The van der Waals surface area contributed by atoms with Crippen LogP contribution in [0, 0.1) is 17.7 Å². The first-order chi connectivity index (χ1) is 20.3. The number of carboxylic acid groups (broad SMARTS) is 1. The molecule has 1 heterocycles. The molecule has 2 aromatic carbocycles. The number of rotatable bonds is 8. The third kappa shape index (κ3) is 7.17. The predicted molar refractivity (Wildman–Crippen MR) is 159 cm³/mol. The second-order valence-electron chi connectivity index (χ2n) is 12.7. The average molecular weight is 596 g/mol. The topological polar surface area (TPSA) is 139 Å². The Morgan fingerprint density at radius 1 is 1.05 bits per heavy atom. The second-order valence-corrected chi connectivity index (χ2v) is 12.7. The van der Waals surface area contributed by atoms with Crippen LogP contribution in [0.25, 0.3) is 0 Å². The Bertz CT molecular complexity index is 1340. The number of carboxylic acids is 1. The van der Waals surface area contributed by atoms with Crippen molar-refractivity contribution in [2.45, 2.75) is 89.3 Å². The highest BCUT2D eigenvalue weighted by Crippen LogP contribution is 2.47. The molecule has 2 aliphatic rings. The lowest BCUT2D eigenvalue weighted by Gasteiger charge is -2.36. The molecule has 0 bridgehead atoms. The minimum Gasteiger partial charge on any atom is -0.478 e. The van der Waals surface area contributed by atoms with E-state index in [4.69, 9.17) is 10.5 Å². The van der Waals surface area contributed by atoms with Gasteiger partial charge in [0.1, 0.15) is 17.5 Å². The quantitative estimate of drug-likeness (QED) is 0.384. The van der Waals surface area contributed by atoms with Crippen LogP contribution in [0.3, 0.4) is 0 Å². The molecule has 2 aromatic rings. The molecule has 0 radical (unpaired) electrons. The first-order valence-electron chi connectivity index (χ1n) is 15.0. The van der Waals surface area contributed by atoms with Crippen molar-refractivity contribution in [2.75, 3.05) is 6.54 Å². The maximum Gasteiger partial charge on any atom is 0.407 e. The van der Waals surface area contributed by atoms with Crippen molar-refractivity contribution in [3.8, 4) is 0 Å². The molecule has 4 N–H and O–H groups in total. The number of aromatic carboxylic acids is 1. The van der Waals surface area contributed by atoms with Crippen molar-refractivity contribution in [1.82, 2.24) is 10.2 Å². The number of amides is 3. The maximum atomic E-state index is 15.4. The molecule has 4 rings (SSSR count). The summed E-state index contributed by atoms with van der Waals surface area (Å²) in [6, 6.07) is 11.6. The van der Waals surface area contributed by atoms with Gasteiger partial charge in [-0.15, -0.1) is 0 Å². The number of hydrogen-bond donors (Lipinski definition) is 3. The zero-order chi connectivity index (χ0) is 31.5. The van der Waals surface area contributed by atoms with Gasteiger partial charge in [0.2, 0.25) is 11.8 Å². The van der Waals surface area contributed by atoms with Gasteiger partial charge in [-0.3, -0.25) is 9.59 Å². The van der Waals surface area contributed by atoms with Gasteiger partial charge in [0.05, 0.1) is 5.56 Å². The number of nitrogens with one attached hydrogen (secondary N) is 1. The van der Waals surface area contributed by atoms with E-state index < -0.39 is 47.3 Å². The monoisotopic (exact) mass is 595 g/mol. The number of benzene rings is 2. The van der Waals surface area contributed by atoms with Crippen LogP contribution in [0.4, 0.5) is 9.18 Å². The minimum atomic E-state index is -1.29. The van der Waals surface area contributed by atoms with E-state index in [1.165, 1.54) is 23.1 Å². The third-order valence-electron chi connectivity index (χ3n) is 8.75. The highest BCUT2D eigenvalue weighted by atomic mass is 19.1. The average Bonchev–Trinajstić information content (AvgIpc) is 3.35. The van der Waals surface area contributed by atoms with Gasteiger partial charge in [-0.1, -0.05) is 43.3 Å². The number of alkyl carbamates (subject to hydrolysis) is 1. The molecule has 232 valence electrons. The Morgan fingerprint density at radius 2 is 1.70 bits per heavy atom. The van der Waals surface area contributed by atoms with E-state index in [9.17, 15) is 24.3 Å². The lowest BCUT2D eigenvalue weighted by atomic mass is 9.77. The Morgan fingerprint density at radius 3 is 2.26 bits per heavy atom. The van der Waals surface area contributed by atoms with Crippen molar-refractivity contribution in [1.29, 1.82) is 0 Å². The van der Waals surface area contributed by atoms with Crippen LogP contribution in [-0.2, 0) is 14.3 Å². The van der Waals surface area contributed by atoms with Gasteiger partial charge in [0, 0.05) is 35.9 Å². The molecule has 2 fully saturated rings. The summed E-state index contributed by atoms with van der Waals surface area (Å²) >= 11 is 0. The van der Waals surface area contributed by atoms with E-state index in [1.807, 2.05) is 27.7 Å². The highest BCUT2D eigenvalue weighted by molar-refractivity contribution is 5.92. The van der Waals surface area contributed by atoms with Gasteiger partial charge in [-0.25, -0.2) is 14.0 Å². The SMILES string of the molecule is CCC(NC(=O)OC(C)(C)C)C1CCC(C(=O)N2CC(c3c(F)cccc3C(=O)O)[C@H](c3ccccc3)[C@H]2C(N)=O)CC1. The highest BCUT2D eigenvalue weighted by Gasteiger charge is 2.51. The smallest absolute Gasteiger partial charge is 0.407 e. The van der Waals surface area contributed by atoms with Crippen molar-refractivity contribution in [2.24, 2.45) is 17.6 Å². The summed E-state index contributed by atoms with van der Waals surface area (Å²) in [7, 11) is 0. The molecule has 1 aliphatic heterocycles. The van der Waals surface area contributed by atoms with Crippen LogP contribution in [0.15, 0.2) is 48.5 Å². The van der Waals surface area contributed by atoms with Crippen molar-refractivity contribution in [3.05, 3.63) is 71.0 Å². The van der Waals surface area contributed by atoms with E-state index in [-0.39, 0.29) is 41.5 Å². The molecule has 43 heavy (non-hydrogen) atoms. The van der Waals surface area contributed by atoms with E-state index >= 15 is 4.39 Å². The zero-order valence-electron chi connectivity index (χ0n) is 25.2. The fourth-order valence-corrected chi connectivity index (χ4v) is 6.89.